The molecule has 1 saturated carbocycles. The molecule has 14 heavy (non-hydrogen) atoms. The lowest BCUT2D eigenvalue weighted by molar-refractivity contribution is 0.306. The van der Waals surface area contributed by atoms with Crippen molar-refractivity contribution in [2.75, 3.05) is 6.54 Å². The van der Waals surface area contributed by atoms with E-state index in [0.717, 1.165) is 18.7 Å². The lowest BCUT2D eigenvalue weighted by atomic mass is 9.85. The van der Waals surface area contributed by atoms with Crippen LogP contribution < -0.4 is 5.32 Å². The summed E-state index contributed by atoms with van der Waals surface area (Å²) in [5.74, 6) is 1.11. The molecule has 0 aromatic carbocycles. The second-order valence-corrected chi connectivity index (χ2v) is 4.73. The van der Waals surface area contributed by atoms with Crippen LogP contribution in [0, 0.1) is 0 Å². The quantitative estimate of drug-likeness (QED) is 0.714. The van der Waals surface area contributed by atoms with Crippen LogP contribution in [0.2, 0.25) is 5.22 Å². The van der Waals surface area contributed by atoms with Crippen molar-refractivity contribution >= 4 is 11.6 Å². The van der Waals surface area contributed by atoms with Gasteiger partial charge in [0.15, 0.2) is 5.22 Å². The Bertz CT molecular complexity index is 352. The number of hydrogen-bond donors (Lipinski definition) is 1. The molecule has 2 nitrogen and oxygen atoms in total. The summed E-state index contributed by atoms with van der Waals surface area (Å²) in [5.41, 5.74) is 1.52. The van der Waals surface area contributed by atoms with Gasteiger partial charge >= 0.3 is 0 Å². The number of rotatable bonds is 0. The number of fused-ring (bicyclic) bond motifs is 2. The molecule has 3 rings (SSSR count). The summed E-state index contributed by atoms with van der Waals surface area (Å²) < 4.78 is 5.52. The first kappa shape index (κ1) is 8.81. The monoisotopic (exact) mass is 211 g/mol. The van der Waals surface area contributed by atoms with Gasteiger partial charge < -0.3 is 9.73 Å². The molecule has 1 aromatic rings. The van der Waals surface area contributed by atoms with Gasteiger partial charge in [-0.15, -0.1) is 0 Å². The first-order valence-electron chi connectivity index (χ1n) is 5.34. The molecule has 1 N–H and O–H groups in total. The fourth-order valence-electron chi connectivity index (χ4n) is 2.92. The SMILES string of the molecule is Clc1cc2c(o1)CCNC21CCCC1. The standard InChI is InChI=1S/C11H14ClNO/c12-10-7-8-9(14-10)3-6-13-11(8)4-1-2-5-11/h7,13H,1-6H2. The van der Waals surface area contributed by atoms with Gasteiger partial charge in [0.05, 0.1) is 0 Å². The van der Waals surface area contributed by atoms with Crippen LogP contribution >= 0.6 is 11.6 Å². The minimum Gasteiger partial charge on any atom is -0.449 e. The maximum Gasteiger partial charge on any atom is 0.193 e. The summed E-state index contributed by atoms with van der Waals surface area (Å²) in [6.07, 6.45) is 6.07. The van der Waals surface area contributed by atoms with Crippen LogP contribution in [0.5, 0.6) is 0 Å². The normalized spacial score (nSPS) is 24.1. The molecular weight excluding hydrogens is 198 g/mol. The molecule has 1 fully saturated rings. The van der Waals surface area contributed by atoms with Crippen molar-refractivity contribution < 1.29 is 4.42 Å². The van der Waals surface area contributed by atoms with Crippen LogP contribution in [0.25, 0.3) is 0 Å². The molecule has 2 heterocycles. The summed E-state index contributed by atoms with van der Waals surface area (Å²) in [6, 6.07) is 2.01. The summed E-state index contributed by atoms with van der Waals surface area (Å²) in [4.78, 5) is 0. The highest BCUT2D eigenvalue weighted by atomic mass is 35.5. The van der Waals surface area contributed by atoms with Crippen LogP contribution in [0.4, 0.5) is 0 Å². The molecule has 2 aliphatic rings. The molecule has 1 aliphatic carbocycles. The van der Waals surface area contributed by atoms with Gasteiger partial charge in [-0.1, -0.05) is 12.8 Å². The van der Waals surface area contributed by atoms with E-state index in [1.165, 1.54) is 31.2 Å². The molecule has 0 amide bonds. The van der Waals surface area contributed by atoms with Gasteiger partial charge in [-0.25, -0.2) is 0 Å². The number of furan rings is 1. The minimum absolute atomic E-state index is 0.199. The maximum absolute atomic E-state index is 5.92. The molecule has 0 radical (unpaired) electrons. The Labute approximate surface area is 88.6 Å². The average molecular weight is 212 g/mol. The smallest absolute Gasteiger partial charge is 0.193 e. The van der Waals surface area contributed by atoms with Gasteiger partial charge in [-0.3, -0.25) is 0 Å². The van der Waals surface area contributed by atoms with E-state index in [9.17, 15) is 0 Å². The third kappa shape index (κ3) is 1.14. The van der Waals surface area contributed by atoms with Crippen molar-refractivity contribution in [1.29, 1.82) is 0 Å². The van der Waals surface area contributed by atoms with Crippen molar-refractivity contribution in [3.63, 3.8) is 0 Å². The van der Waals surface area contributed by atoms with Crippen LogP contribution in [0.1, 0.15) is 37.0 Å². The topological polar surface area (TPSA) is 25.2 Å². The summed E-state index contributed by atoms with van der Waals surface area (Å²) in [5, 5.41) is 4.19. The molecule has 0 bridgehead atoms. The molecule has 1 aromatic heterocycles. The van der Waals surface area contributed by atoms with Crippen LogP contribution in [0.15, 0.2) is 10.5 Å². The third-order valence-electron chi connectivity index (χ3n) is 3.57. The van der Waals surface area contributed by atoms with Gasteiger partial charge in [0.2, 0.25) is 0 Å². The molecule has 0 saturated heterocycles. The summed E-state index contributed by atoms with van der Waals surface area (Å²) in [7, 11) is 0. The molecule has 0 unspecified atom stereocenters. The van der Waals surface area contributed by atoms with Gasteiger partial charge in [0.1, 0.15) is 5.76 Å². The van der Waals surface area contributed by atoms with Crippen molar-refractivity contribution in [3.05, 3.63) is 22.6 Å². The highest BCUT2D eigenvalue weighted by molar-refractivity contribution is 6.29. The van der Waals surface area contributed by atoms with E-state index in [2.05, 4.69) is 5.32 Å². The predicted octanol–water partition coefficient (Wildman–Crippen LogP) is 2.85. The van der Waals surface area contributed by atoms with Crippen molar-refractivity contribution in [1.82, 2.24) is 5.32 Å². The Morgan fingerprint density at radius 1 is 1.36 bits per heavy atom. The van der Waals surface area contributed by atoms with E-state index in [-0.39, 0.29) is 5.54 Å². The molecule has 1 aliphatic heterocycles. The molecule has 3 heteroatoms. The van der Waals surface area contributed by atoms with Gasteiger partial charge in [0, 0.05) is 30.1 Å². The van der Waals surface area contributed by atoms with Crippen LogP contribution in [-0.4, -0.2) is 6.54 Å². The van der Waals surface area contributed by atoms with Crippen molar-refractivity contribution in [2.45, 2.75) is 37.6 Å². The lowest BCUT2D eigenvalue weighted by Crippen LogP contribution is -2.44. The first-order valence-corrected chi connectivity index (χ1v) is 5.72. The number of hydrogen-bond acceptors (Lipinski definition) is 2. The Morgan fingerprint density at radius 3 is 2.93 bits per heavy atom. The average Bonchev–Trinajstić information content (AvgIpc) is 2.74. The largest absolute Gasteiger partial charge is 0.449 e. The minimum atomic E-state index is 0.199. The van der Waals surface area contributed by atoms with E-state index in [1.54, 1.807) is 0 Å². The Balaban J connectivity index is 2.09. The zero-order chi connectivity index (χ0) is 9.60. The predicted molar refractivity (Wildman–Crippen MR) is 55.6 cm³/mol. The van der Waals surface area contributed by atoms with E-state index in [1.807, 2.05) is 6.07 Å². The summed E-state index contributed by atoms with van der Waals surface area (Å²) >= 11 is 5.92. The maximum atomic E-state index is 5.92. The van der Waals surface area contributed by atoms with Gasteiger partial charge in [-0.2, -0.15) is 0 Å². The van der Waals surface area contributed by atoms with E-state index in [0.29, 0.717) is 5.22 Å². The highest BCUT2D eigenvalue weighted by Gasteiger charge is 2.40. The Hall–Kier alpha value is -0.470. The fraction of sp³-hybridized carbons (Fsp3) is 0.636. The van der Waals surface area contributed by atoms with Gasteiger partial charge in [0.25, 0.3) is 0 Å². The Kier molecular flexibility index (Phi) is 1.89. The van der Waals surface area contributed by atoms with Crippen molar-refractivity contribution in [3.8, 4) is 0 Å². The second kappa shape index (κ2) is 3.01. The second-order valence-electron chi connectivity index (χ2n) is 4.35. The zero-order valence-corrected chi connectivity index (χ0v) is 8.86. The number of halogens is 1. The molecule has 0 atom stereocenters. The Morgan fingerprint density at radius 2 is 2.14 bits per heavy atom. The third-order valence-corrected chi connectivity index (χ3v) is 3.75. The summed E-state index contributed by atoms with van der Waals surface area (Å²) in [6.45, 7) is 1.02. The van der Waals surface area contributed by atoms with Crippen molar-refractivity contribution in [2.24, 2.45) is 0 Å². The first-order chi connectivity index (χ1) is 6.80. The van der Waals surface area contributed by atoms with E-state index < -0.39 is 0 Å². The fourth-order valence-corrected chi connectivity index (χ4v) is 3.12. The van der Waals surface area contributed by atoms with Gasteiger partial charge in [-0.05, 0) is 24.4 Å². The number of nitrogens with one attached hydrogen (secondary N) is 1. The highest BCUT2D eigenvalue weighted by Crippen LogP contribution is 2.43. The molecule has 1 spiro atoms. The zero-order valence-electron chi connectivity index (χ0n) is 8.11. The van der Waals surface area contributed by atoms with E-state index in [4.69, 9.17) is 16.0 Å². The van der Waals surface area contributed by atoms with Crippen LogP contribution in [-0.2, 0) is 12.0 Å². The lowest BCUT2D eigenvalue weighted by Gasteiger charge is -2.34. The molecule has 76 valence electrons. The van der Waals surface area contributed by atoms with Crippen LogP contribution in [0.3, 0.4) is 0 Å². The van der Waals surface area contributed by atoms with E-state index >= 15 is 0 Å². The molecular formula is C11H14ClNO.